The lowest BCUT2D eigenvalue weighted by Gasteiger charge is -2.22. The number of hydrogen-bond donors (Lipinski definition) is 0. The molecule has 0 saturated heterocycles. The number of benzene rings is 1. The Hall–Kier alpha value is -2.18. The zero-order valence-electron chi connectivity index (χ0n) is 15.6. The Bertz CT molecular complexity index is 869. The van der Waals surface area contributed by atoms with Gasteiger partial charge in [0.05, 0.1) is 17.7 Å². The number of ether oxygens (including phenoxy) is 2. The zero-order chi connectivity index (χ0) is 19.5. The molecule has 0 bridgehead atoms. The van der Waals surface area contributed by atoms with Crippen molar-refractivity contribution in [2.45, 2.75) is 33.2 Å². The van der Waals surface area contributed by atoms with E-state index in [2.05, 4.69) is 5.10 Å². The minimum Gasteiger partial charge on any atom is -0.474 e. The highest BCUT2D eigenvalue weighted by atomic mass is 35.5. The number of Topliss-reactive ketones (excluding diaryl/α,β-unsaturated/α-hetero) is 1. The summed E-state index contributed by atoms with van der Waals surface area (Å²) in [7, 11) is 1.57. The molecular formula is C19H23ClN2O4. The molecule has 0 radical (unpaired) electrons. The molecule has 0 aliphatic heterocycles. The Morgan fingerprint density at radius 2 is 1.88 bits per heavy atom. The summed E-state index contributed by atoms with van der Waals surface area (Å²) in [5.74, 6) is 0.112. The molecule has 0 aliphatic rings. The number of halogens is 1. The van der Waals surface area contributed by atoms with Gasteiger partial charge in [0.2, 0.25) is 5.88 Å². The van der Waals surface area contributed by atoms with E-state index in [-0.39, 0.29) is 23.8 Å². The fourth-order valence-corrected chi connectivity index (χ4v) is 2.66. The number of nitrogens with zero attached hydrogens (tertiary/aromatic N) is 2. The van der Waals surface area contributed by atoms with Crippen molar-refractivity contribution >= 4 is 17.4 Å². The Morgan fingerprint density at radius 3 is 2.46 bits per heavy atom. The van der Waals surface area contributed by atoms with Crippen molar-refractivity contribution in [2.24, 2.45) is 0 Å². The van der Waals surface area contributed by atoms with E-state index in [0.717, 1.165) is 0 Å². The molecule has 2 rings (SSSR count). The van der Waals surface area contributed by atoms with Crippen LogP contribution in [0.4, 0.5) is 0 Å². The SMILES string of the molecule is COCCOc1nn(C(C)(C)C)c(=O)cc1-c1cc(Cl)ccc1C(C)=O. The molecule has 0 N–H and O–H groups in total. The van der Waals surface area contributed by atoms with Crippen LogP contribution in [0.3, 0.4) is 0 Å². The first kappa shape index (κ1) is 20.1. The minimum absolute atomic E-state index is 0.139. The summed E-state index contributed by atoms with van der Waals surface area (Å²) in [5, 5.41) is 4.85. The summed E-state index contributed by atoms with van der Waals surface area (Å²) in [6.07, 6.45) is 0. The van der Waals surface area contributed by atoms with Gasteiger partial charge in [0.25, 0.3) is 5.56 Å². The van der Waals surface area contributed by atoms with Crippen LogP contribution in [0.25, 0.3) is 11.1 Å². The van der Waals surface area contributed by atoms with Gasteiger partial charge in [-0.05, 0) is 51.5 Å². The molecule has 0 fully saturated rings. The highest BCUT2D eigenvalue weighted by Gasteiger charge is 2.22. The van der Waals surface area contributed by atoms with Gasteiger partial charge >= 0.3 is 0 Å². The number of methoxy groups -OCH3 is 1. The third-order valence-corrected chi connectivity index (χ3v) is 3.95. The fourth-order valence-electron chi connectivity index (χ4n) is 2.49. The Morgan fingerprint density at radius 1 is 1.19 bits per heavy atom. The molecule has 7 heteroatoms. The molecule has 0 atom stereocenters. The molecular weight excluding hydrogens is 356 g/mol. The van der Waals surface area contributed by atoms with Crippen molar-refractivity contribution in [3.63, 3.8) is 0 Å². The predicted octanol–water partition coefficient (Wildman–Crippen LogP) is 3.55. The van der Waals surface area contributed by atoms with Crippen LogP contribution in [-0.2, 0) is 10.3 Å². The Labute approximate surface area is 157 Å². The maximum Gasteiger partial charge on any atom is 0.268 e. The highest BCUT2D eigenvalue weighted by Crippen LogP contribution is 2.32. The fraction of sp³-hybridized carbons (Fsp3) is 0.421. The van der Waals surface area contributed by atoms with Crippen molar-refractivity contribution in [1.29, 1.82) is 0 Å². The van der Waals surface area contributed by atoms with Crippen LogP contribution in [0.5, 0.6) is 5.88 Å². The van der Waals surface area contributed by atoms with Crippen LogP contribution >= 0.6 is 11.6 Å². The van der Waals surface area contributed by atoms with E-state index in [1.165, 1.54) is 17.7 Å². The molecule has 0 spiro atoms. The van der Waals surface area contributed by atoms with Gasteiger partial charge in [0, 0.05) is 23.8 Å². The average Bonchev–Trinajstić information content (AvgIpc) is 2.54. The molecule has 1 aromatic heterocycles. The standard InChI is InChI=1S/C19H23ClN2O4/c1-12(23)14-7-6-13(20)10-15(14)16-11-17(24)22(19(2,3)4)21-18(16)26-9-8-25-5/h6-7,10-11H,8-9H2,1-5H3. The van der Waals surface area contributed by atoms with Crippen LogP contribution in [-0.4, -0.2) is 35.9 Å². The van der Waals surface area contributed by atoms with E-state index in [1.807, 2.05) is 20.8 Å². The maximum atomic E-state index is 12.6. The van der Waals surface area contributed by atoms with Gasteiger partial charge in [-0.3, -0.25) is 9.59 Å². The third kappa shape index (κ3) is 4.51. The van der Waals surface area contributed by atoms with Gasteiger partial charge in [0.1, 0.15) is 6.61 Å². The lowest BCUT2D eigenvalue weighted by molar-refractivity contribution is 0.101. The van der Waals surface area contributed by atoms with Gasteiger partial charge in [-0.1, -0.05) is 11.6 Å². The normalized spacial score (nSPS) is 11.5. The minimum atomic E-state index is -0.521. The van der Waals surface area contributed by atoms with Crippen molar-refractivity contribution in [1.82, 2.24) is 9.78 Å². The van der Waals surface area contributed by atoms with E-state index < -0.39 is 5.54 Å². The topological polar surface area (TPSA) is 70.4 Å². The van der Waals surface area contributed by atoms with Gasteiger partial charge in [-0.15, -0.1) is 5.10 Å². The van der Waals surface area contributed by atoms with Gasteiger partial charge in [0.15, 0.2) is 5.78 Å². The number of rotatable bonds is 6. The summed E-state index contributed by atoms with van der Waals surface area (Å²) >= 11 is 6.12. The molecule has 6 nitrogen and oxygen atoms in total. The van der Waals surface area contributed by atoms with Gasteiger partial charge < -0.3 is 9.47 Å². The highest BCUT2D eigenvalue weighted by molar-refractivity contribution is 6.31. The number of aromatic nitrogens is 2. The molecule has 0 amide bonds. The van der Waals surface area contributed by atoms with Crippen molar-refractivity contribution in [3.8, 4) is 17.0 Å². The monoisotopic (exact) mass is 378 g/mol. The summed E-state index contributed by atoms with van der Waals surface area (Å²) in [5.41, 5.74) is 0.580. The number of hydrogen-bond acceptors (Lipinski definition) is 5. The Kier molecular flexibility index (Phi) is 6.21. The molecule has 0 unspecified atom stereocenters. The van der Waals surface area contributed by atoms with E-state index in [1.54, 1.807) is 25.3 Å². The number of ketones is 1. The van der Waals surface area contributed by atoms with Crippen LogP contribution in [0.2, 0.25) is 5.02 Å². The Balaban J connectivity index is 2.71. The second kappa shape index (κ2) is 8.01. The first-order chi connectivity index (χ1) is 12.1. The first-order valence-electron chi connectivity index (χ1n) is 8.22. The second-order valence-electron chi connectivity index (χ2n) is 6.87. The lowest BCUT2D eigenvalue weighted by Crippen LogP contribution is -2.36. The van der Waals surface area contributed by atoms with Gasteiger partial charge in [-0.25, -0.2) is 4.68 Å². The maximum absolute atomic E-state index is 12.6. The summed E-state index contributed by atoms with van der Waals surface area (Å²) in [6.45, 7) is 7.71. The lowest BCUT2D eigenvalue weighted by atomic mass is 9.98. The molecule has 0 saturated carbocycles. The van der Waals surface area contributed by atoms with Crippen LogP contribution in [0, 0.1) is 0 Å². The van der Waals surface area contributed by atoms with E-state index >= 15 is 0 Å². The second-order valence-corrected chi connectivity index (χ2v) is 7.31. The quantitative estimate of drug-likeness (QED) is 0.568. The van der Waals surface area contributed by atoms with Gasteiger partial charge in [-0.2, -0.15) is 0 Å². The third-order valence-electron chi connectivity index (χ3n) is 3.71. The molecule has 0 aliphatic carbocycles. The average molecular weight is 379 g/mol. The molecule has 2 aromatic rings. The number of carbonyl (C=O) groups is 1. The number of carbonyl (C=O) groups excluding carboxylic acids is 1. The van der Waals surface area contributed by atoms with E-state index in [0.29, 0.717) is 28.3 Å². The summed E-state index contributed by atoms with van der Waals surface area (Å²) < 4.78 is 12.1. The van der Waals surface area contributed by atoms with Crippen LogP contribution < -0.4 is 10.3 Å². The van der Waals surface area contributed by atoms with Crippen molar-refractivity contribution in [3.05, 3.63) is 45.2 Å². The molecule has 26 heavy (non-hydrogen) atoms. The largest absolute Gasteiger partial charge is 0.474 e. The van der Waals surface area contributed by atoms with Crippen molar-refractivity contribution < 1.29 is 14.3 Å². The van der Waals surface area contributed by atoms with Crippen LogP contribution in [0.1, 0.15) is 38.1 Å². The van der Waals surface area contributed by atoms with E-state index in [9.17, 15) is 9.59 Å². The first-order valence-corrected chi connectivity index (χ1v) is 8.60. The molecule has 140 valence electrons. The summed E-state index contributed by atoms with van der Waals surface area (Å²) in [4.78, 5) is 24.6. The smallest absolute Gasteiger partial charge is 0.268 e. The molecule has 1 heterocycles. The predicted molar refractivity (Wildman–Crippen MR) is 101 cm³/mol. The summed E-state index contributed by atoms with van der Waals surface area (Å²) in [6, 6.07) is 6.34. The van der Waals surface area contributed by atoms with E-state index in [4.69, 9.17) is 21.1 Å². The van der Waals surface area contributed by atoms with Crippen molar-refractivity contribution in [2.75, 3.05) is 20.3 Å². The zero-order valence-corrected chi connectivity index (χ0v) is 16.4. The molecule has 1 aromatic carbocycles. The van der Waals surface area contributed by atoms with Crippen LogP contribution in [0.15, 0.2) is 29.1 Å².